The average Bonchev–Trinajstić information content (AvgIpc) is 2.41. The summed E-state index contributed by atoms with van der Waals surface area (Å²) in [4.78, 5) is 12.1. The molecular formula is C14H9ClF2O2. The summed E-state index contributed by atoms with van der Waals surface area (Å²) in [6, 6.07) is 7.73. The van der Waals surface area contributed by atoms with Gasteiger partial charge in [0.2, 0.25) is 0 Å². The van der Waals surface area contributed by atoms with Crippen LogP contribution in [0, 0.1) is 11.6 Å². The highest BCUT2D eigenvalue weighted by atomic mass is 35.5. The zero-order chi connectivity index (χ0) is 14.0. The van der Waals surface area contributed by atoms with E-state index in [1.54, 1.807) is 0 Å². The van der Waals surface area contributed by atoms with Gasteiger partial charge in [0.25, 0.3) is 0 Å². The molecule has 2 nitrogen and oxygen atoms in total. The Hall–Kier alpha value is -1.94. The van der Waals surface area contributed by atoms with Crippen LogP contribution in [0.4, 0.5) is 8.78 Å². The Morgan fingerprint density at radius 3 is 2.63 bits per heavy atom. The minimum Gasteiger partial charge on any atom is -0.495 e. The Balaban J connectivity index is 2.47. The molecule has 0 spiro atoms. The van der Waals surface area contributed by atoms with Gasteiger partial charge in [0.05, 0.1) is 17.7 Å². The highest BCUT2D eigenvalue weighted by Crippen LogP contribution is 2.26. The van der Waals surface area contributed by atoms with Crippen molar-refractivity contribution < 1.29 is 18.3 Å². The highest BCUT2D eigenvalue weighted by Gasteiger charge is 2.17. The van der Waals surface area contributed by atoms with E-state index in [1.807, 2.05) is 0 Å². The van der Waals surface area contributed by atoms with Gasteiger partial charge in [-0.3, -0.25) is 4.79 Å². The number of hydrogen-bond acceptors (Lipinski definition) is 2. The Morgan fingerprint density at radius 1 is 1.21 bits per heavy atom. The summed E-state index contributed by atoms with van der Waals surface area (Å²) in [6.45, 7) is 0. The third kappa shape index (κ3) is 2.58. The molecule has 0 atom stereocenters. The van der Waals surface area contributed by atoms with E-state index in [2.05, 4.69) is 0 Å². The molecule has 0 saturated carbocycles. The van der Waals surface area contributed by atoms with Crippen molar-refractivity contribution in [2.75, 3.05) is 7.11 Å². The molecule has 2 rings (SSSR count). The summed E-state index contributed by atoms with van der Waals surface area (Å²) in [5.41, 5.74) is -0.157. The maximum atomic E-state index is 13.5. The maximum Gasteiger partial charge on any atom is 0.196 e. The molecule has 0 aliphatic heterocycles. The van der Waals surface area contributed by atoms with Crippen molar-refractivity contribution in [2.45, 2.75) is 0 Å². The lowest BCUT2D eigenvalue weighted by Crippen LogP contribution is -2.06. The number of ether oxygens (including phenoxy) is 1. The number of benzene rings is 2. The lowest BCUT2D eigenvalue weighted by atomic mass is 10.0. The molecule has 0 saturated heterocycles. The quantitative estimate of drug-likeness (QED) is 0.799. The fourth-order valence-electron chi connectivity index (χ4n) is 1.64. The normalized spacial score (nSPS) is 10.3. The monoisotopic (exact) mass is 282 g/mol. The van der Waals surface area contributed by atoms with E-state index in [9.17, 15) is 13.6 Å². The van der Waals surface area contributed by atoms with Crippen LogP contribution in [0.15, 0.2) is 36.4 Å². The SMILES string of the molecule is COc1cc(C(=O)c2cccc(F)c2F)ccc1Cl. The van der Waals surface area contributed by atoms with Gasteiger partial charge in [-0.05, 0) is 30.3 Å². The molecule has 0 aliphatic carbocycles. The van der Waals surface area contributed by atoms with Crippen molar-refractivity contribution in [3.8, 4) is 5.75 Å². The van der Waals surface area contributed by atoms with Crippen LogP contribution in [0.3, 0.4) is 0 Å². The second-order valence-corrected chi connectivity index (χ2v) is 4.19. The molecule has 0 fully saturated rings. The van der Waals surface area contributed by atoms with Gasteiger partial charge in [-0.1, -0.05) is 17.7 Å². The van der Waals surface area contributed by atoms with Crippen LogP contribution in [0.2, 0.25) is 5.02 Å². The van der Waals surface area contributed by atoms with Crippen LogP contribution in [0.25, 0.3) is 0 Å². The molecule has 0 bridgehead atoms. The number of methoxy groups -OCH3 is 1. The second kappa shape index (κ2) is 5.36. The first-order valence-corrected chi connectivity index (χ1v) is 5.74. The fourth-order valence-corrected chi connectivity index (χ4v) is 1.83. The van der Waals surface area contributed by atoms with Crippen molar-refractivity contribution in [3.05, 3.63) is 64.2 Å². The largest absolute Gasteiger partial charge is 0.495 e. The zero-order valence-corrected chi connectivity index (χ0v) is 10.7. The third-order valence-electron chi connectivity index (χ3n) is 2.61. The Bertz CT molecular complexity index is 641. The van der Waals surface area contributed by atoms with Gasteiger partial charge in [0.1, 0.15) is 5.75 Å². The summed E-state index contributed by atoms with van der Waals surface area (Å²) in [7, 11) is 1.40. The summed E-state index contributed by atoms with van der Waals surface area (Å²) >= 11 is 5.83. The third-order valence-corrected chi connectivity index (χ3v) is 2.92. The Labute approximate surface area is 113 Å². The molecular weight excluding hydrogens is 274 g/mol. The molecule has 2 aromatic carbocycles. The molecule has 0 unspecified atom stereocenters. The second-order valence-electron chi connectivity index (χ2n) is 3.78. The lowest BCUT2D eigenvalue weighted by molar-refractivity contribution is 0.103. The average molecular weight is 283 g/mol. The van der Waals surface area contributed by atoms with E-state index in [-0.39, 0.29) is 11.1 Å². The summed E-state index contributed by atoms with van der Waals surface area (Å²) in [5, 5.41) is 0.332. The van der Waals surface area contributed by atoms with Crippen LogP contribution in [0.5, 0.6) is 5.75 Å². The van der Waals surface area contributed by atoms with Gasteiger partial charge >= 0.3 is 0 Å². The number of ketones is 1. The van der Waals surface area contributed by atoms with Gasteiger partial charge in [0, 0.05) is 5.56 Å². The Kier molecular flexibility index (Phi) is 3.81. The van der Waals surface area contributed by atoms with E-state index in [0.717, 1.165) is 6.07 Å². The molecule has 98 valence electrons. The zero-order valence-electron chi connectivity index (χ0n) is 9.91. The molecule has 0 radical (unpaired) electrons. The minimum atomic E-state index is -1.17. The molecule has 0 aromatic heterocycles. The highest BCUT2D eigenvalue weighted by molar-refractivity contribution is 6.32. The predicted octanol–water partition coefficient (Wildman–Crippen LogP) is 3.86. The standard InChI is InChI=1S/C14H9ClF2O2/c1-19-12-7-8(5-6-10(12)15)14(18)9-3-2-4-11(16)13(9)17/h2-7H,1H3. The molecule has 2 aromatic rings. The molecule has 0 N–H and O–H groups in total. The van der Waals surface area contributed by atoms with Gasteiger partial charge < -0.3 is 4.74 Å². The fraction of sp³-hybridized carbons (Fsp3) is 0.0714. The van der Waals surface area contributed by atoms with E-state index >= 15 is 0 Å². The number of halogens is 3. The Morgan fingerprint density at radius 2 is 1.95 bits per heavy atom. The van der Waals surface area contributed by atoms with E-state index in [0.29, 0.717) is 10.8 Å². The molecule has 5 heteroatoms. The van der Waals surface area contributed by atoms with Crippen LogP contribution < -0.4 is 4.74 Å². The van der Waals surface area contributed by atoms with Crippen LogP contribution in [0.1, 0.15) is 15.9 Å². The van der Waals surface area contributed by atoms with Crippen LogP contribution >= 0.6 is 11.6 Å². The van der Waals surface area contributed by atoms with Gasteiger partial charge in [0.15, 0.2) is 17.4 Å². The van der Waals surface area contributed by atoms with E-state index in [4.69, 9.17) is 16.3 Å². The number of carbonyl (C=O) groups is 1. The van der Waals surface area contributed by atoms with Gasteiger partial charge in [-0.2, -0.15) is 0 Å². The molecule has 0 heterocycles. The first kappa shape index (κ1) is 13.5. The number of carbonyl (C=O) groups excluding carboxylic acids is 1. The summed E-state index contributed by atoms with van der Waals surface area (Å²) < 4.78 is 31.6. The maximum absolute atomic E-state index is 13.5. The van der Waals surface area contributed by atoms with E-state index in [1.165, 1.54) is 37.4 Å². The van der Waals surface area contributed by atoms with Gasteiger partial charge in [-0.15, -0.1) is 0 Å². The molecule has 0 aliphatic rings. The smallest absolute Gasteiger partial charge is 0.196 e. The predicted molar refractivity (Wildman–Crippen MR) is 67.8 cm³/mol. The topological polar surface area (TPSA) is 26.3 Å². The molecule has 0 amide bonds. The lowest BCUT2D eigenvalue weighted by Gasteiger charge is -2.07. The summed E-state index contributed by atoms with van der Waals surface area (Å²) in [6.07, 6.45) is 0. The van der Waals surface area contributed by atoms with Crippen molar-refractivity contribution in [2.24, 2.45) is 0 Å². The van der Waals surface area contributed by atoms with Crippen molar-refractivity contribution in [3.63, 3.8) is 0 Å². The summed E-state index contributed by atoms with van der Waals surface area (Å²) in [5.74, 6) is -2.57. The first-order chi connectivity index (χ1) is 9.04. The van der Waals surface area contributed by atoms with Crippen LogP contribution in [-0.2, 0) is 0 Å². The van der Waals surface area contributed by atoms with Gasteiger partial charge in [-0.25, -0.2) is 8.78 Å². The van der Waals surface area contributed by atoms with Crippen molar-refractivity contribution in [1.82, 2.24) is 0 Å². The van der Waals surface area contributed by atoms with Crippen LogP contribution in [-0.4, -0.2) is 12.9 Å². The van der Waals surface area contributed by atoms with E-state index < -0.39 is 17.4 Å². The minimum absolute atomic E-state index is 0.172. The number of hydrogen-bond donors (Lipinski definition) is 0. The molecule has 19 heavy (non-hydrogen) atoms. The first-order valence-electron chi connectivity index (χ1n) is 5.37. The van der Waals surface area contributed by atoms with Crippen molar-refractivity contribution in [1.29, 1.82) is 0 Å². The number of rotatable bonds is 3. The van der Waals surface area contributed by atoms with Crippen molar-refractivity contribution >= 4 is 17.4 Å².